The van der Waals surface area contributed by atoms with Crippen molar-refractivity contribution >= 4 is 15.9 Å². The van der Waals surface area contributed by atoms with Crippen molar-refractivity contribution in [3.63, 3.8) is 0 Å². The predicted octanol–water partition coefficient (Wildman–Crippen LogP) is 2.29. The van der Waals surface area contributed by atoms with Crippen LogP contribution in [0.2, 0.25) is 0 Å². The fourth-order valence-corrected chi connectivity index (χ4v) is 5.99. The van der Waals surface area contributed by atoms with Crippen molar-refractivity contribution in [1.29, 1.82) is 0 Å². The van der Waals surface area contributed by atoms with E-state index in [4.69, 9.17) is 0 Å². The van der Waals surface area contributed by atoms with E-state index in [-0.39, 0.29) is 24.4 Å². The molecule has 1 aromatic carbocycles. The Hall–Kier alpha value is -1.47. The van der Waals surface area contributed by atoms with Crippen LogP contribution in [-0.2, 0) is 27.7 Å². The van der Waals surface area contributed by atoms with E-state index in [1.165, 1.54) is 9.87 Å². The Morgan fingerprint density at radius 1 is 1.00 bits per heavy atom. The van der Waals surface area contributed by atoms with Crippen molar-refractivity contribution in [2.75, 3.05) is 26.2 Å². The molecule has 1 amide bonds. The first-order valence-corrected chi connectivity index (χ1v) is 10.9. The highest BCUT2D eigenvalue weighted by Crippen LogP contribution is 2.33. The first kappa shape index (κ1) is 17.9. The highest BCUT2D eigenvalue weighted by Gasteiger charge is 2.48. The van der Waals surface area contributed by atoms with Crippen molar-refractivity contribution < 1.29 is 17.6 Å². The molecule has 2 aliphatic heterocycles. The number of hydrogen-bond acceptors (Lipinski definition) is 3. The summed E-state index contributed by atoms with van der Waals surface area (Å²) in [7, 11) is -3.79. The highest BCUT2D eigenvalue weighted by molar-refractivity contribution is 7.89. The molecule has 2 saturated heterocycles. The van der Waals surface area contributed by atoms with Crippen LogP contribution in [0.3, 0.4) is 0 Å². The molecule has 3 aliphatic rings. The zero-order chi connectivity index (χ0) is 18.4. The lowest BCUT2D eigenvalue weighted by atomic mass is 9.94. The van der Waals surface area contributed by atoms with E-state index < -0.39 is 21.6 Å². The molecule has 0 aromatic heterocycles. The monoisotopic (exact) mass is 380 g/mol. The largest absolute Gasteiger partial charge is 0.340 e. The molecule has 1 unspecified atom stereocenters. The topological polar surface area (TPSA) is 57.7 Å². The molecule has 1 aliphatic carbocycles. The fraction of sp³-hybridized carbons (Fsp3) is 0.632. The average molecular weight is 380 g/mol. The summed E-state index contributed by atoms with van der Waals surface area (Å²) >= 11 is 0. The van der Waals surface area contributed by atoms with Crippen LogP contribution < -0.4 is 0 Å². The van der Waals surface area contributed by atoms with E-state index in [0.29, 0.717) is 19.5 Å². The van der Waals surface area contributed by atoms with Gasteiger partial charge in [-0.1, -0.05) is 6.07 Å². The van der Waals surface area contributed by atoms with Gasteiger partial charge in [0.05, 0.1) is 11.4 Å². The van der Waals surface area contributed by atoms with Gasteiger partial charge in [0.25, 0.3) is 5.91 Å². The third kappa shape index (κ3) is 3.05. The molecule has 0 bridgehead atoms. The number of carbonyl (C=O) groups excluding carboxylic acids is 1. The number of rotatable bonds is 3. The first-order chi connectivity index (χ1) is 12.4. The van der Waals surface area contributed by atoms with Crippen LogP contribution in [0, 0.1) is 0 Å². The van der Waals surface area contributed by atoms with Crippen molar-refractivity contribution in [3.05, 3.63) is 29.3 Å². The average Bonchev–Trinajstić information content (AvgIpc) is 3.32. The molecule has 0 saturated carbocycles. The number of hydrogen-bond donors (Lipinski definition) is 0. The molecule has 7 heteroatoms. The Morgan fingerprint density at radius 2 is 1.73 bits per heavy atom. The number of nitrogens with zero attached hydrogens (tertiary/aromatic N) is 2. The minimum atomic E-state index is -3.79. The number of likely N-dealkylation sites (tertiary alicyclic amines) is 1. The summed E-state index contributed by atoms with van der Waals surface area (Å²) in [5, 5.41) is 0. The Balaban J connectivity index is 1.57. The van der Waals surface area contributed by atoms with Crippen molar-refractivity contribution in [1.82, 2.24) is 9.21 Å². The second kappa shape index (κ2) is 6.60. The van der Waals surface area contributed by atoms with Crippen LogP contribution in [0.5, 0.6) is 0 Å². The van der Waals surface area contributed by atoms with Gasteiger partial charge in [0.15, 0.2) is 0 Å². The molecule has 142 valence electrons. The van der Waals surface area contributed by atoms with Crippen molar-refractivity contribution in [3.8, 4) is 0 Å². The maximum Gasteiger partial charge on any atom is 0.261 e. The summed E-state index contributed by atoms with van der Waals surface area (Å²) in [6, 6.07) is 5.22. The SMILES string of the molecule is O=C(N1CCCC1)C1(F)CCCN(S(=O)(=O)c2ccc3c(c2)CCC3)C1. The Bertz CT molecular complexity index is 820. The minimum Gasteiger partial charge on any atom is -0.340 e. The molecule has 4 rings (SSSR count). The summed E-state index contributed by atoms with van der Waals surface area (Å²) < 4.78 is 42.7. The van der Waals surface area contributed by atoms with E-state index in [9.17, 15) is 13.2 Å². The van der Waals surface area contributed by atoms with E-state index in [2.05, 4.69) is 0 Å². The standard InChI is InChI=1S/C19H25FN2O3S/c20-19(18(23)21-10-1-2-11-21)9-4-12-22(14-19)26(24,25)17-8-7-15-5-3-6-16(15)13-17/h7-8,13H,1-6,9-12,14H2. The van der Waals surface area contributed by atoms with Gasteiger partial charge in [-0.25, -0.2) is 12.8 Å². The van der Waals surface area contributed by atoms with Crippen LogP contribution in [0.25, 0.3) is 0 Å². The second-order valence-corrected chi connectivity index (χ2v) is 9.63. The molecule has 0 spiro atoms. The molecule has 26 heavy (non-hydrogen) atoms. The van der Waals surface area contributed by atoms with Crippen LogP contribution in [-0.4, -0.2) is 55.4 Å². The minimum absolute atomic E-state index is 0.0958. The third-order valence-electron chi connectivity index (χ3n) is 5.89. The maximum atomic E-state index is 15.4. The van der Waals surface area contributed by atoms with Gasteiger partial charge in [-0.05, 0) is 68.2 Å². The molecule has 2 heterocycles. The number of sulfonamides is 1. The molecular formula is C19H25FN2O3S. The van der Waals surface area contributed by atoms with E-state index in [1.807, 2.05) is 6.07 Å². The highest BCUT2D eigenvalue weighted by atomic mass is 32.2. The van der Waals surface area contributed by atoms with Gasteiger partial charge < -0.3 is 4.90 Å². The predicted molar refractivity (Wildman–Crippen MR) is 96.1 cm³/mol. The Morgan fingerprint density at radius 3 is 2.50 bits per heavy atom. The van der Waals surface area contributed by atoms with Gasteiger partial charge in [0, 0.05) is 19.6 Å². The molecule has 2 fully saturated rings. The lowest BCUT2D eigenvalue weighted by Crippen LogP contribution is -2.56. The summed E-state index contributed by atoms with van der Waals surface area (Å²) in [6.45, 7) is 1.03. The quantitative estimate of drug-likeness (QED) is 0.808. The van der Waals surface area contributed by atoms with E-state index in [0.717, 1.165) is 37.7 Å². The number of carbonyl (C=O) groups is 1. The Kier molecular flexibility index (Phi) is 4.55. The summed E-state index contributed by atoms with van der Waals surface area (Å²) in [5.41, 5.74) is 0.168. The van der Waals surface area contributed by atoms with Gasteiger partial charge >= 0.3 is 0 Å². The molecular weight excluding hydrogens is 355 g/mol. The normalized spacial score (nSPS) is 26.9. The first-order valence-electron chi connectivity index (χ1n) is 9.50. The summed E-state index contributed by atoms with van der Waals surface area (Å²) in [5.74, 6) is -0.538. The third-order valence-corrected chi connectivity index (χ3v) is 7.73. The number of benzene rings is 1. The van der Waals surface area contributed by atoms with Crippen molar-refractivity contribution in [2.24, 2.45) is 0 Å². The number of amides is 1. The smallest absolute Gasteiger partial charge is 0.261 e. The number of piperidine rings is 1. The number of halogens is 1. The number of aryl methyl sites for hydroxylation is 2. The lowest BCUT2D eigenvalue weighted by Gasteiger charge is -2.37. The molecule has 1 aromatic rings. The number of fused-ring (bicyclic) bond motifs is 1. The van der Waals surface area contributed by atoms with Crippen LogP contribution >= 0.6 is 0 Å². The second-order valence-electron chi connectivity index (χ2n) is 7.69. The van der Waals surface area contributed by atoms with E-state index >= 15 is 4.39 Å². The van der Waals surface area contributed by atoms with Crippen LogP contribution in [0.1, 0.15) is 43.2 Å². The van der Waals surface area contributed by atoms with Crippen LogP contribution in [0.4, 0.5) is 4.39 Å². The zero-order valence-electron chi connectivity index (χ0n) is 14.9. The van der Waals surface area contributed by atoms with Gasteiger partial charge in [0.2, 0.25) is 15.7 Å². The molecule has 0 radical (unpaired) electrons. The van der Waals surface area contributed by atoms with Gasteiger partial charge in [0.1, 0.15) is 0 Å². The zero-order valence-corrected chi connectivity index (χ0v) is 15.7. The molecule has 5 nitrogen and oxygen atoms in total. The summed E-state index contributed by atoms with van der Waals surface area (Å²) in [4.78, 5) is 14.4. The van der Waals surface area contributed by atoms with Gasteiger partial charge in [-0.15, -0.1) is 0 Å². The van der Waals surface area contributed by atoms with Crippen molar-refractivity contribution in [2.45, 2.75) is 55.5 Å². The van der Waals surface area contributed by atoms with Crippen LogP contribution in [0.15, 0.2) is 23.1 Å². The fourth-order valence-electron chi connectivity index (χ4n) is 4.41. The van der Waals surface area contributed by atoms with E-state index in [1.54, 1.807) is 17.0 Å². The molecule has 0 N–H and O–H groups in total. The van der Waals surface area contributed by atoms with Gasteiger partial charge in [-0.3, -0.25) is 4.79 Å². The van der Waals surface area contributed by atoms with Gasteiger partial charge in [-0.2, -0.15) is 4.31 Å². The summed E-state index contributed by atoms with van der Waals surface area (Å²) in [6.07, 6.45) is 5.15. The molecule has 1 atom stereocenters. The maximum absolute atomic E-state index is 15.4. The number of alkyl halides is 1. The Labute approximate surface area is 154 Å². The lowest BCUT2D eigenvalue weighted by molar-refractivity contribution is -0.145.